The first-order valence-electron chi connectivity index (χ1n) is 11.9. The molecular weight excluding hydrogens is 465 g/mol. The van der Waals surface area contributed by atoms with Crippen LogP contribution in [0.4, 0.5) is 9.18 Å². The van der Waals surface area contributed by atoms with Crippen molar-refractivity contribution in [2.45, 2.75) is 44.4 Å². The second-order valence-corrected chi connectivity index (χ2v) is 9.31. The summed E-state index contributed by atoms with van der Waals surface area (Å²) in [4.78, 5) is 30.4. The van der Waals surface area contributed by atoms with Crippen LogP contribution in [0.1, 0.15) is 42.3 Å². The number of carboxylic acid groups (broad SMARTS) is 1. The van der Waals surface area contributed by atoms with Gasteiger partial charge < -0.3 is 14.4 Å². The van der Waals surface area contributed by atoms with E-state index < -0.39 is 11.9 Å². The summed E-state index contributed by atoms with van der Waals surface area (Å²) in [7, 11) is 1.99. The third kappa shape index (κ3) is 3.60. The Balaban J connectivity index is 1.32. The Labute approximate surface area is 205 Å². The van der Waals surface area contributed by atoms with Gasteiger partial charge in [-0.05, 0) is 43.5 Å². The van der Waals surface area contributed by atoms with Crippen LogP contribution in [0.15, 0.2) is 53.6 Å². The first kappa shape index (κ1) is 22.3. The van der Waals surface area contributed by atoms with Crippen molar-refractivity contribution in [3.05, 3.63) is 81.9 Å². The van der Waals surface area contributed by atoms with Gasteiger partial charge in [0.2, 0.25) is 0 Å². The number of benzene rings is 1. The van der Waals surface area contributed by atoms with E-state index in [1.807, 2.05) is 25.2 Å². The highest BCUT2D eigenvalue weighted by Crippen LogP contribution is 2.46. The molecule has 1 N–H and O–H groups in total. The van der Waals surface area contributed by atoms with Crippen LogP contribution in [-0.2, 0) is 20.1 Å². The molecule has 5 heterocycles. The second kappa shape index (κ2) is 8.47. The van der Waals surface area contributed by atoms with E-state index in [1.54, 1.807) is 4.90 Å². The molecule has 1 saturated heterocycles. The van der Waals surface area contributed by atoms with Crippen LogP contribution in [0.2, 0.25) is 0 Å². The molecule has 10 heteroatoms. The number of rotatable bonds is 4. The van der Waals surface area contributed by atoms with Crippen LogP contribution in [0.25, 0.3) is 16.6 Å². The monoisotopic (exact) mass is 489 g/mol. The smallest absolute Gasteiger partial charge is 0.408 e. The number of aromatic nitrogens is 4. The van der Waals surface area contributed by atoms with Crippen molar-refractivity contribution in [1.29, 1.82) is 0 Å². The molecule has 3 aromatic heterocycles. The molecule has 2 unspecified atom stereocenters. The third-order valence-electron chi connectivity index (χ3n) is 7.27. The number of ether oxygens (including phenoxy) is 1. The lowest BCUT2D eigenvalue weighted by Crippen LogP contribution is -2.49. The van der Waals surface area contributed by atoms with E-state index >= 15 is 0 Å². The molecule has 0 aliphatic carbocycles. The van der Waals surface area contributed by atoms with Crippen LogP contribution in [-0.4, -0.2) is 41.5 Å². The molecular formula is C26H24FN5O4. The number of carbonyl (C=O) groups is 1. The topological polar surface area (TPSA) is 102 Å². The number of nitrogens with zero attached hydrogens (tertiary/aromatic N) is 5. The van der Waals surface area contributed by atoms with Gasteiger partial charge in [-0.15, -0.1) is 0 Å². The minimum absolute atomic E-state index is 0.00169. The molecule has 0 radical (unpaired) electrons. The van der Waals surface area contributed by atoms with Gasteiger partial charge in [0, 0.05) is 42.2 Å². The SMILES string of the molecule is Cn1c2c(c3ccc(-n4ncc(OCc5ccc(F)cn5)cc4=O)cc31)C1CCCC(C2)N1C(=O)O. The molecule has 36 heavy (non-hydrogen) atoms. The van der Waals surface area contributed by atoms with E-state index in [4.69, 9.17) is 4.74 Å². The maximum Gasteiger partial charge on any atom is 0.408 e. The van der Waals surface area contributed by atoms with Crippen molar-refractivity contribution in [2.75, 3.05) is 0 Å². The van der Waals surface area contributed by atoms with Gasteiger partial charge in [0.15, 0.2) is 0 Å². The van der Waals surface area contributed by atoms with Gasteiger partial charge in [-0.3, -0.25) is 14.7 Å². The molecule has 2 aliphatic rings. The van der Waals surface area contributed by atoms with Crippen molar-refractivity contribution in [2.24, 2.45) is 7.05 Å². The molecule has 0 spiro atoms. The van der Waals surface area contributed by atoms with Crippen molar-refractivity contribution in [1.82, 2.24) is 24.2 Å². The minimum atomic E-state index is -0.864. The van der Waals surface area contributed by atoms with Gasteiger partial charge in [0.1, 0.15) is 18.2 Å². The highest BCUT2D eigenvalue weighted by Gasteiger charge is 2.42. The van der Waals surface area contributed by atoms with Crippen LogP contribution in [0.3, 0.4) is 0 Å². The molecule has 1 amide bonds. The van der Waals surface area contributed by atoms with E-state index in [2.05, 4.69) is 14.6 Å². The van der Waals surface area contributed by atoms with Crippen molar-refractivity contribution in [3.63, 3.8) is 0 Å². The molecule has 1 aromatic carbocycles. The third-order valence-corrected chi connectivity index (χ3v) is 7.27. The predicted molar refractivity (Wildman–Crippen MR) is 129 cm³/mol. The predicted octanol–water partition coefficient (Wildman–Crippen LogP) is 3.97. The highest BCUT2D eigenvalue weighted by atomic mass is 19.1. The zero-order chi connectivity index (χ0) is 25.0. The molecule has 9 nitrogen and oxygen atoms in total. The van der Waals surface area contributed by atoms with E-state index in [9.17, 15) is 19.1 Å². The lowest BCUT2D eigenvalue weighted by molar-refractivity contribution is 0.0622. The van der Waals surface area contributed by atoms with Gasteiger partial charge in [-0.1, -0.05) is 6.07 Å². The Hall–Kier alpha value is -4.21. The fourth-order valence-electron chi connectivity index (χ4n) is 5.65. The summed E-state index contributed by atoms with van der Waals surface area (Å²) in [5, 5.41) is 15.1. The molecule has 0 saturated carbocycles. The molecule has 2 atom stereocenters. The first-order chi connectivity index (χ1) is 17.4. The van der Waals surface area contributed by atoms with Crippen molar-refractivity contribution >= 4 is 17.0 Å². The minimum Gasteiger partial charge on any atom is -0.485 e. The summed E-state index contributed by atoms with van der Waals surface area (Å²) in [6.07, 6.45) is 5.09. The normalized spacial score (nSPS) is 18.8. The largest absolute Gasteiger partial charge is 0.485 e. The van der Waals surface area contributed by atoms with Crippen LogP contribution in [0, 0.1) is 5.82 Å². The van der Waals surface area contributed by atoms with Crippen molar-refractivity contribution in [3.8, 4) is 11.4 Å². The van der Waals surface area contributed by atoms with Gasteiger partial charge in [0.25, 0.3) is 5.56 Å². The number of amides is 1. The molecule has 6 rings (SSSR count). The van der Waals surface area contributed by atoms with Gasteiger partial charge in [-0.25, -0.2) is 9.18 Å². The molecule has 184 valence electrons. The van der Waals surface area contributed by atoms with Crippen molar-refractivity contribution < 1.29 is 19.0 Å². The van der Waals surface area contributed by atoms with Gasteiger partial charge in [-0.2, -0.15) is 9.78 Å². The van der Waals surface area contributed by atoms with Crippen LogP contribution in [0.5, 0.6) is 5.75 Å². The Morgan fingerprint density at radius 3 is 2.81 bits per heavy atom. The summed E-state index contributed by atoms with van der Waals surface area (Å²) >= 11 is 0. The number of pyridine rings is 1. The summed E-state index contributed by atoms with van der Waals surface area (Å²) < 4.78 is 22.0. The zero-order valence-electron chi connectivity index (χ0n) is 19.6. The lowest BCUT2D eigenvalue weighted by atomic mass is 9.82. The number of aryl methyl sites for hydroxylation is 1. The van der Waals surface area contributed by atoms with E-state index in [0.29, 0.717) is 23.6 Å². The van der Waals surface area contributed by atoms with Crippen LogP contribution >= 0.6 is 0 Å². The number of fused-ring (bicyclic) bond motifs is 6. The zero-order valence-corrected chi connectivity index (χ0v) is 19.6. The number of hydrogen-bond donors (Lipinski definition) is 1. The fraction of sp³-hybridized carbons (Fsp3) is 0.308. The fourth-order valence-corrected chi connectivity index (χ4v) is 5.65. The molecule has 2 bridgehead atoms. The second-order valence-electron chi connectivity index (χ2n) is 9.31. The summed E-state index contributed by atoms with van der Waals surface area (Å²) in [6.45, 7) is 0.0851. The van der Waals surface area contributed by atoms with E-state index in [1.165, 1.54) is 29.1 Å². The number of halogens is 1. The Bertz CT molecular complexity index is 1540. The molecule has 4 aromatic rings. The Morgan fingerprint density at radius 2 is 2.06 bits per heavy atom. The lowest BCUT2D eigenvalue weighted by Gasteiger charge is -2.44. The summed E-state index contributed by atoms with van der Waals surface area (Å²) in [6, 6.07) is 9.72. The Morgan fingerprint density at radius 1 is 1.19 bits per heavy atom. The number of hydrogen-bond acceptors (Lipinski definition) is 5. The van der Waals surface area contributed by atoms with E-state index in [-0.39, 0.29) is 24.2 Å². The average Bonchev–Trinajstić information content (AvgIpc) is 3.14. The number of piperidine rings is 1. The standard InChI is InChI=1S/C26H24FN5O4/c1-30-22-10-18(32-24(33)11-19(13-29-32)36-14-16-6-5-15(27)12-28-16)7-8-20(22)25-21-4-2-3-17(9-23(25)30)31(21)26(34)35/h5-8,10-13,17,21H,2-4,9,14H2,1H3,(H,34,35). The quantitative estimate of drug-likeness (QED) is 0.466. The van der Waals surface area contributed by atoms with Crippen LogP contribution < -0.4 is 10.3 Å². The molecule has 1 fully saturated rings. The highest BCUT2D eigenvalue weighted by molar-refractivity contribution is 5.88. The maximum absolute atomic E-state index is 13.0. The Kier molecular flexibility index (Phi) is 5.24. The average molecular weight is 490 g/mol. The van der Waals surface area contributed by atoms with E-state index in [0.717, 1.165) is 47.6 Å². The van der Waals surface area contributed by atoms with Gasteiger partial charge >= 0.3 is 6.09 Å². The molecule has 2 aliphatic heterocycles. The summed E-state index contributed by atoms with van der Waals surface area (Å²) in [5.74, 6) is -0.139. The summed E-state index contributed by atoms with van der Waals surface area (Å²) in [5.41, 5.74) is 3.96. The maximum atomic E-state index is 13.0. The van der Waals surface area contributed by atoms with Gasteiger partial charge in [0.05, 0.1) is 35.3 Å². The first-order valence-corrected chi connectivity index (χ1v) is 11.9.